The predicted octanol–water partition coefficient (Wildman–Crippen LogP) is 3.76. The molecule has 0 saturated heterocycles. The van der Waals surface area contributed by atoms with E-state index < -0.39 is 34.1 Å². The van der Waals surface area contributed by atoms with E-state index in [1.54, 1.807) is 13.0 Å². The minimum absolute atomic E-state index is 0.127. The third kappa shape index (κ3) is 8.14. The summed E-state index contributed by atoms with van der Waals surface area (Å²) in [6.07, 6.45) is 1.00. The minimum Gasteiger partial charge on any atom is -0.495 e. The number of sulfonamides is 1. The van der Waals surface area contributed by atoms with Gasteiger partial charge in [0.2, 0.25) is 21.8 Å². The molecule has 1 atom stereocenters. The molecule has 0 radical (unpaired) electrons. The van der Waals surface area contributed by atoms with Crippen molar-refractivity contribution in [1.82, 2.24) is 10.2 Å². The number of hydrogen-bond acceptors (Lipinski definition) is 5. The van der Waals surface area contributed by atoms with Crippen molar-refractivity contribution in [3.8, 4) is 5.75 Å². The Morgan fingerprint density at radius 2 is 1.71 bits per heavy atom. The lowest BCUT2D eigenvalue weighted by Crippen LogP contribution is -2.54. The van der Waals surface area contributed by atoms with E-state index in [-0.39, 0.29) is 28.9 Å². The molecule has 0 aliphatic carbocycles. The summed E-state index contributed by atoms with van der Waals surface area (Å²) in [5, 5.41) is 3.18. The van der Waals surface area contributed by atoms with Gasteiger partial charge in [-0.1, -0.05) is 41.4 Å². The lowest BCUT2D eigenvalue weighted by molar-refractivity contribution is -0.140. The zero-order chi connectivity index (χ0) is 26.6. The van der Waals surface area contributed by atoms with Gasteiger partial charge in [0.1, 0.15) is 18.3 Å². The Labute approximate surface area is 213 Å². The number of methoxy groups -OCH3 is 1. The van der Waals surface area contributed by atoms with Crippen LogP contribution in [-0.4, -0.2) is 56.6 Å². The molecule has 0 spiro atoms. The number of aryl methyl sites for hydroxylation is 1. The fourth-order valence-electron chi connectivity index (χ4n) is 3.40. The maximum atomic E-state index is 13.6. The zero-order valence-corrected chi connectivity index (χ0v) is 22.8. The lowest BCUT2D eigenvalue weighted by Gasteiger charge is -2.33. The molecular weight excluding hydrogens is 490 g/mol. The number of carbonyl (C=O) groups excluding carboxylic acids is 2. The van der Waals surface area contributed by atoms with Gasteiger partial charge in [0.25, 0.3) is 0 Å². The van der Waals surface area contributed by atoms with E-state index in [1.807, 2.05) is 52.0 Å². The van der Waals surface area contributed by atoms with Gasteiger partial charge in [-0.2, -0.15) is 0 Å². The molecule has 2 aromatic carbocycles. The van der Waals surface area contributed by atoms with Gasteiger partial charge in [0, 0.05) is 17.1 Å². The number of ether oxygens (including phenoxy) is 1. The topological polar surface area (TPSA) is 96.0 Å². The fraction of sp³-hybridized carbons (Fsp3) is 0.440. The van der Waals surface area contributed by atoms with E-state index in [4.69, 9.17) is 16.3 Å². The van der Waals surface area contributed by atoms with Crippen LogP contribution in [0.5, 0.6) is 5.75 Å². The Morgan fingerprint density at radius 1 is 1.11 bits per heavy atom. The standard InChI is InChI=1S/C25H34ClN3O5S/c1-17-8-10-19(11-9-17)15-28(18(2)24(31)27-25(3,4)5)23(30)16-29(35(7,32)33)21-14-20(26)12-13-22(21)34-6/h8-14,18H,15-16H2,1-7H3,(H,27,31). The number of rotatable bonds is 9. The number of nitrogens with zero attached hydrogens (tertiary/aromatic N) is 2. The number of anilines is 1. The van der Waals surface area contributed by atoms with Gasteiger partial charge in [-0.05, 0) is 58.4 Å². The summed E-state index contributed by atoms with van der Waals surface area (Å²) in [4.78, 5) is 28.0. The maximum Gasteiger partial charge on any atom is 0.244 e. The molecule has 35 heavy (non-hydrogen) atoms. The molecule has 1 N–H and O–H groups in total. The first-order valence-electron chi connectivity index (χ1n) is 11.1. The Balaban J connectivity index is 2.47. The van der Waals surface area contributed by atoms with Gasteiger partial charge in [-0.3, -0.25) is 13.9 Å². The van der Waals surface area contributed by atoms with Crippen LogP contribution >= 0.6 is 11.6 Å². The number of nitrogens with one attached hydrogen (secondary N) is 1. The number of benzene rings is 2. The highest BCUT2D eigenvalue weighted by molar-refractivity contribution is 7.92. The number of amides is 2. The van der Waals surface area contributed by atoms with Crippen LogP contribution in [0.4, 0.5) is 5.69 Å². The first-order valence-corrected chi connectivity index (χ1v) is 13.3. The second-order valence-corrected chi connectivity index (χ2v) is 11.9. The van der Waals surface area contributed by atoms with E-state index >= 15 is 0 Å². The molecule has 2 rings (SSSR count). The largest absolute Gasteiger partial charge is 0.495 e. The van der Waals surface area contributed by atoms with Gasteiger partial charge in [-0.25, -0.2) is 8.42 Å². The van der Waals surface area contributed by atoms with Crippen LogP contribution in [0.25, 0.3) is 0 Å². The minimum atomic E-state index is -3.90. The monoisotopic (exact) mass is 523 g/mol. The van der Waals surface area contributed by atoms with Gasteiger partial charge in [-0.15, -0.1) is 0 Å². The second kappa shape index (κ2) is 11.3. The molecule has 0 aliphatic heterocycles. The predicted molar refractivity (Wildman–Crippen MR) is 139 cm³/mol. The molecule has 2 aromatic rings. The summed E-state index contributed by atoms with van der Waals surface area (Å²) in [6.45, 7) is 8.71. The van der Waals surface area contributed by atoms with Crippen molar-refractivity contribution >= 4 is 39.1 Å². The molecule has 2 amide bonds. The summed E-state index contributed by atoms with van der Waals surface area (Å²) < 4.78 is 31.7. The SMILES string of the molecule is COc1ccc(Cl)cc1N(CC(=O)N(Cc1ccc(C)cc1)C(C)C(=O)NC(C)(C)C)S(C)(=O)=O. The van der Waals surface area contributed by atoms with Crippen molar-refractivity contribution < 1.29 is 22.7 Å². The van der Waals surface area contributed by atoms with E-state index in [0.717, 1.165) is 21.7 Å². The average molecular weight is 524 g/mol. The highest BCUT2D eigenvalue weighted by Crippen LogP contribution is 2.33. The third-order valence-electron chi connectivity index (χ3n) is 5.23. The van der Waals surface area contributed by atoms with Crippen molar-refractivity contribution in [2.45, 2.75) is 52.7 Å². The van der Waals surface area contributed by atoms with Crippen LogP contribution < -0.4 is 14.4 Å². The van der Waals surface area contributed by atoms with Gasteiger partial charge < -0.3 is 15.0 Å². The third-order valence-corrected chi connectivity index (χ3v) is 6.59. The molecular formula is C25H34ClN3O5S. The van der Waals surface area contributed by atoms with Gasteiger partial charge in [0.15, 0.2) is 0 Å². The summed E-state index contributed by atoms with van der Waals surface area (Å²) in [5.74, 6) is -0.643. The molecule has 0 aliphatic rings. The van der Waals surface area contributed by atoms with Gasteiger partial charge in [0.05, 0.1) is 19.1 Å². The molecule has 0 bridgehead atoms. The molecule has 8 nitrogen and oxygen atoms in total. The summed E-state index contributed by atoms with van der Waals surface area (Å²) in [5.41, 5.74) is 1.50. The quantitative estimate of drug-likeness (QED) is 0.540. The van der Waals surface area contributed by atoms with Crippen LogP contribution in [0.15, 0.2) is 42.5 Å². The molecule has 0 saturated carbocycles. The molecule has 192 valence electrons. The van der Waals surface area contributed by atoms with Crippen LogP contribution in [0.1, 0.15) is 38.8 Å². The van der Waals surface area contributed by atoms with Crippen molar-refractivity contribution in [3.05, 3.63) is 58.6 Å². The van der Waals surface area contributed by atoms with Crippen molar-refractivity contribution in [2.24, 2.45) is 0 Å². The Bertz CT molecular complexity index is 1160. The lowest BCUT2D eigenvalue weighted by atomic mass is 10.1. The number of carbonyl (C=O) groups is 2. The van der Waals surface area contributed by atoms with Crippen molar-refractivity contribution in [2.75, 3.05) is 24.2 Å². The van der Waals surface area contributed by atoms with E-state index in [2.05, 4.69) is 5.32 Å². The first-order chi connectivity index (χ1) is 16.1. The second-order valence-electron chi connectivity index (χ2n) is 9.51. The number of hydrogen-bond donors (Lipinski definition) is 1. The van der Waals surface area contributed by atoms with E-state index in [9.17, 15) is 18.0 Å². The zero-order valence-electron chi connectivity index (χ0n) is 21.3. The smallest absolute Gasteiger partial charge is 0.244 e. The van der Waals surface area contributed by atoms with E-state index in [0.29, 0.717) is 0 Å². The van der Waals surface area contributed by atoms with Crippen LogP contribution in [0.2, 0.25) is 5.02 Å². The van der Waals surface area contributed by atoms with Crippen LogP contribution in [-0.2, 0) is 26.2 Å². The molecule has 1 unspecified atom stereocenters. The number of halogens is 1. The molecule has 0 aromatic heterocycles. The molecule has 0 fully saturated rings. The normalized spacial score (nSPS) is 12.6. The average Bonchev–Trinajstić information content (AvgIpc) is 2.74. The summed E-state index contributed by atoms with van der Waals surface area (Å²) in [6, 6.07) is 11.2. The van der Waals surface area contributed by atoms with Crippen molar-refractivity contribution in [3.63, 3.8) is 0 Å². The summed E-state index contributed by atoms with van der Waals surface area (Å²) in [7, 11) is -2.50. The highest BCUT2D eigenvalue weighted by Gasteiger charge is 2.32. The van der Waals surface area contributed by atoms with Crippen LogP contribution in [0, 0.1) is 6.92 Å². The fourth-order valence-corrected chi connectivity index (χ4v) is 4.41. The Kier molecular flexibility index (Phi) is 9.19. The highest BCUT2D eigenvalue weighted by atomic mass is 35.5. The maximum absolute atomic E-state index is 13.6. The molecule has 0 heterocycles. The Hall–Kier alpha value is -2.78. The van der Waals surface area contributed by atoms with Crippen LogP contribution in [0.3, 0.4) is 0 Å². The van der Waals surface area contributed by atoms with Crippen molar-refractivity contribution in [1.29, 1.82) is 0 Å². The van der Waals surface area contributed by atoms with E-state index in [1.165, 1.54) is 24.1 Å². The molecule has 10 heteroatoms. The summed E-state index contributed by atoms with van der Waals surface area (Å²) >= 11 is 6.12. The van der Waals surface area contributed by atoms with Gasteiger partial charge >= 0.3 is 0 Å². The Morgan fingerprint density at radius 3 is 2.23 bits per heavy atom. The first kappa shape index (κ1) is 28.5.